The molecular weight excluding hydrogens is 757 g/mol. The number of hydrogen-bond acceptors (Lipinski definition) is 3. The molecule has 5 nitrogen and oxygen atoms in total. The van der Waals surface area contributed by atoms with E-state index in [1.165, 1.54) is 44.5 Å². The van der Waals surface area contributed by atoms with Crippen LogP contribution in [-0.4, -0.2) is 26.2 Å². The number of benzene rings is 4. The highest BCUT2D eigenvalue weighted by Crippen LogP contribution is 2.43. The van der Waals surface area contributed by atoms with Crippen molar-refractivity contribution in [1.82, 2.24) is 19.9 Å². The maximum absolute atomic E-state index is 13.5. The summed E-state index contributed by atoms with van der Waals surface area (Å²) >= 11 is 0. The lowest BCUT2D eigenvalue weighted by molar-refractivity contribution is 0.112. The molecule has 0 atom stereocenters. The number of H-pyrrole nitrogens is 2. The molecular formula is C57H54N4O. The Morgan fingerprint density at radius 3 is 0.968 bits per heavy atom. The van der Waals surface area contributed by atoms with E-state index >= 15 is 0 Å². The highest BCUT2D eigenvalue weighted by molar-refractivity contribution is 6.06. The number of carbonyl (C=O) groups excluding carboxylic acids is 1. The molecule has 0 saturated heterocycles. The van der Waals surface area contributed by atoms with Gasteiger partial charge in [0.05, 0.1) is 28.3 Å². The molecule has 5 heterocycles. The van der Waals surface area contributed by atoms with Crippen LogP contribution in [0.4, 0.5) is 0 Å². The Hall–Kier alpha value is -6.85. The lowest BCUT2D eigenvalue weighted by atomic mass is 9.92. The maximum Gasteiger partial charge on any atom is 0.152 e. The number of carbonyl (C=O) groups is 1. The molecule has 0 saturated carbocycles. The van der Waals surface area contributed by atoms with E-state index in [9.17, 15) is 4.79 Å². The van der Waals surface area contributed by atoms with Gasteiger partial charge >= 0.3 is 0 Å². The zero-order valence-electron chi connectivity index (χ0n) is 38.0. The summed E-state index contributed by atoms with van der Waals surface area (Å²) in [5.41, 5.74) is 29.9. The van der Waals surface area contributed by atoms with Crippen LogP contribution < -0.4 is 0 Å². The molecule has 2 N–H and O–H groups in total. The first kappa shape index (κ1) is 40.6. The van der Waals surface area contributed by atoms with Crippen molar-refractivity contribution < 1.29 is 4.79 Å². The SMILES string of the molecule is Cc1cc(C)c(-c2c3nc(c(-c4c(C)cc(C)cc4C)c4cc(C=O)c([nH]4)c(-c4c(C)cc(C)cc4C)c4nc(c(-c5c(C)cc(C)cc5C)c5ccc2[nH]5)C=C4)C=C3)c(C)c1. The van der Waals surface area contributed by atoms with Crippen LogP contribution >= 0.6 is 0 Å². The van der Waals surface area contributed by atoms with Gasteiger partial charge in [0.1, 0.15) is 0 Å². The minimum atomic E-state index is 0.566. The van der Waals surface area contributed by atoms with Crippen molar-refractivity contribution in [2.24, 2.45) is 0 Å². The number of aromatic amines is 2. The van der Waals surface area contributed by atoms with Gasteiger partial charge in [0.2, 0.25) is 0 Å². The minimum Gasteiger partial charge on any atom is -0.354 e. The molecule has 0 spiro atoms. The number of nitrogens with zero attached hydrogens (tertiary/aromatic N) is 2. The van der Waals surface area contributed by atoms with E-state index in [1.807, 2.05) is 6.07 Å². The molecule has 0 unspecified atom stereocenters. The Morgan fingerprint density at radius 2 is 0.645 bits per heavy atom. The third-order valence-electron chi connectivity index (χ3n) is 12.7. The largest absolute Gasteiger partial charge is 0.354 e. The van der Waals surface area contributed by atoms with E-state index in [1.54, 1.807) is 0 Å². The smallest absolute Gasteiger partial charge is 0.152 e. The van der Waals surface area contributed by atoms with Crippen LogP contribution in [0, 0.1) is 83.1 Å². The van der Waals surface area contributed by atoms with Crippen molar-refractivity contribution in [2.45, 2.75) is 83.1 Å². The molecule has 2 aliphatic heterocycles. The summed E-state index contributed by atoms with van der Waals surface area (Å²) in [7, 11) is 0. The molecule has 62 heavy (non-hydrogen) atoms. The number of nitrogens with one attached hydrogen (secondary N) is 2. The van der Waals surface area contributed by atoms with Crippen LogP contribution in [0.2, 0.25) is 0 Å². The van der Waals surface area contributed by atoms with Crippen LogP contribution in [0.15, 0.2) is 66.7 Å². The van der Waals surface area contributed by atoms with Crippen molar-refractivity contribution in [3.05, 3.63) is 162 Å². The van der Waals surface area contributed by atoms with Crippen molar-refractivity contribution in [3.63, 3.8) is 0 Å². The average molecular weight is 811 g/mol. The lowest BCUT2D eigenvalue weighted by Crippen LogP contribution is -1.96. The van der Waals surface area contributed by atoms with E-state index < -0.39 is 0 Å². The van der Waals surface area contributed by atoms with Crippen molar-refractivity contribution in [2.75, 3.05) is 0 Å². The fourth-order valence-corrected chi connectivity index (χ4v) is 10.8. The van der Waals surface area contributed by atoms with Gasteiger partial charge in [-0.25, -0.2) is 9.97 Å². The first-order chi connectivity index (χ1) is 29.6. The summed E-state index contributed by atoms with van der Waals surface area (Å²) in [5, 5.41) is 0. The van der Waals surface area contributed by atoms with Crippen LogP contribution in [-0.2, 0) is 0 Å². The highest BCUT2D eigenvalue weighted by Gasteiger charge is 2.24. The predicted molar refractivity (Wildman–Crippen MR) is 263 cm³/mol. The van der Waals surface area contributed by atoms with Crippen LogP contribution in [0.1, 0.15) is 99.9 Å². The Kier molecular flexibility index (Phi) is 9.97. The molecule has 7 aromatic rings. The number of hydrogen-bond donors (Lipinski definition) is 2. The second kappa shape index (κ2) is 15.3. The molecule has 9 rings (SSSR count). The molecule has 8 bridgehead atoms. The van der Waals surface area contributed by atoms with Crippen LogP contribution in [0.5, 0.6) is 0 Å². The molecule has 0 fully saturated rings. The van der Waals surface area contributed by atoms with Gasteiger partial charge in [-0.1, -0.05) is 70.8 Å². The number of aromatic nitrogens is 4. The van der Waals surface area contributed by atoms with E-state index in [0.717, 1.165) is 118 Å². The first-order valence-electron chi connectivity index (χ1n) is 21.6. The molecule has 0 amide bonds. The van der Waals surface area contributed by atoms with Crippen LogP contribution in [0.3, 0.4) is 0 Å². The molecule has 3 aromatic heterocycles. The quantitative estimate of drug-likeness (QED) is 0.170. The summed E-state index contributed by atoms with van der Waals surface area (Å²) in [5.74, 6) is 0. The van der Waals surface area contributed by atoms with E-state index in [4.69, 9.17) is 9.97 Å². The number of fused-ring (bicyclic) bond motifs is 8. The van der Waals surface area contributed by atoms with Gasteiger partial charge in [-0.15, -0.1) is 0 Å². The Labute approximate surface area is 365 Å². The number of aryl methyl sites for hydroxylation is 12. The number of aldehydes is 1. The van der Waals surface area contributed by atoms with E-state index in [0.29, 0.717) is 5.56 Å². The van der Waals surface area contributed by atoms with Crippen LogP contribution in [0.25, 0.3) is 90.9 Å². The van der Waals surface area contributed by atoms with Gasteiger partial charge in [-0.3, -0.25) is 4.79 Å². The molecule has 0 radical (unpaired) electrons. The molecule has 5 heteroatoms. The topological polar surface area (TPSA) is 74.4 Å². The Balaban J connectivity index is 1.58. The summed E-state index contributed by atoms with van der Waals surface area (Å²) in [6.07, 6.45) is 9.55. The van der Waals surface area contributed by atoms with Crippen molar-refractivity contribution >= 4 is 52.7 Å². The third kappa shape index (κ3) is 6.77. The van der Waals surface area contributed by atoms with Gasteiger partial charge in [0, 0.05) is 44.4 Å². The first-order valence-corrected chi connectivity index (χ1v) is 21.6. The average Bonchev–Trinajstić information content (AvgIpc) is 4.02. The summed E-state index contributed by atoms with van der Waals surface area (Å²) in [6.45, 7) is 26.0. The fraction of sp³-hybridized carbons (Fsp3) is 0.211. The molecule has 308 valence electrons. The highest BCUT2D eigenvalue weighted by atomic mass is 16.1. The summed E-state index contributed by atoms with van der Waals surface area (Å²) in [4.78, 5) is 32.5. The minimum absolute atomic E-state index is 0.566. The van der Waals surface area contributed by atoms with Crippen molar-refractivity contribution in [1.29, 1.82) is 0 Å². The summed E-state index contributed by atoms with van der Waals surface area (Å²) < 4.78 is 0. The third-order valence-corrected chi connectivity index (χ3v) is 12.7. The normalized spacial score (nSPS) is 12.1. The van der Waals surface area contributed by atoms with E-state index in [2.05, 4.69) is 178 Å². The summed E-state index contributed by atoms with van der Waals surface area (Å²) in [6, 6.07) is 24.4. The molecule has 4 aromatic carbocycles. The Morgan fingerprint density at radius 1 is 0.355 bits per heavy atom. The van der Waals surface area contributed by atoms with Gasteiger partial charge < -0.3 is 9.97 Å². The predicted octanol–water partition coefficient (Wildman–Crippen LogP) is 14.8. The fourth-order valence-electron chi connectivity index (χ4n) is 10.8. The number of rotatable bonds is 5. The Bertz CT molecular complexity index is 3230. The molecule has 0 aliphatic carbocycles. The molecule has 2 aliphatic rings. The van der Waals surface area contributed by atoms with E-state index in [-0.39, 0.29) is 0 Å². The zero-order chi connectivity index (χ0) is 43.9. The second-order valence-corrected chi connectivity index (χ2v) is 17.9. The lowest BCUT2D eigenvalue weighted by Gasteiger charge is -2.15. The van der Waals surface area contributed by atoms with Gasteiger partial charge in [-0.2, -0.15) is 0 Å². The van der Waals surface area contributed by atoms with Gasteiger partial charge in [0.15, 0.2) is 6.29 Å². The van der Waals surface area contributed by atoms with Gasteiger partial charge in [0.25, 0.3) is 0 Å². The van der Waals surface area contributed by atoms with Gasteiger partial charge in [-0.05, 0) is 192 Å². The monoisotopic (exact) mass is 810 g/mol. The second-order valence-electron chi connectivity index (χ2n) is 17.9. The maximum atomic E-state index is 13.5. The van der Waals surface area contributed by atoms with Crippen molar-refractivity contribution in [3.8, 4) is 44.5 Å². The standard InChI is InChI=1S/C57H54N4O/c1-29-19-33(5)49(34(6)20-29)53-42-13-14-43(58-42)54(50-35(7)21-30(2)22-36(50)8)45-17-18-47(60-45)56(52-39(11)25-32(4)26-40(52)12)57-41(28-62)27-48(61-57)55(46-16-15-44(53)59-46)51-37(9)23-31(3)24-38(51)10/h13-28,58,61H,1-12H3. The zero-order valence-corrected chi connectivity index (χ0v) is 38.0.